The number of rotatable bonds is 3. The Bertz CT molecular complexity index is 1070. The van der Waals surface area contributed by atoms with Gasteiger partial charge in [0.2, 0.25) is 10.0 Å². The Hall–Kier alpha value is -2.32. The molecule has 5 nitrogen and oxygen atoms in total. The smallest absolute Gasteiger partial charge is 0.258 e. The third-order valence-electron chi connectivity index (χ3n) is 5.93. The fourth-order valence-corrected chi connectivity index (χ4v) is 6.01. The Labute approximate surface area is 175 Å². The molecule has 0 radical (unpaired) electrons. The fourth-order valence-electron chi connectivity index (χ4n) is 4.31. The molecule has 160 valence electrons. The molecular formula is C22H24F2N2O3S. The van der Waals surface area contributed by atoms with E-state index in [1.54, 1.807) is 0 Å². The van der Waals surface area contributed by atoms with Crippen LogP contribution in [0.15, 0.2) is 41.3 Å². The standard InChI is InChI=1S/C22H24F2N2O3S/c1-15-5-2-3-12-26(15)30(28,29)18-9-7-16(8-10-18)22(27)25-11-4-6-19-20(24)13-17(23)14-21(19)25/h7-10,13-15H,2-6,11-12H2,1H3. The predicted octanol–water partition coefficient (Wildman–Crippen LogP) is 4.12. The summed E-state index contributed by atoms with van der Waals surface area (Å²) in [6.07, 6.45) is 3.69. The second-order valence-electron chi connectivity index (χ2n) is 7.93. The second kappa shape index (κ2) is 8.07. The van der Waals surface area contributed by atoms with E-state index >= 15 is 0 Å². The SMILES string of the molecule is CC1CCCCN1S(=O)(=O)c1ccc(C(=O)N2CCCc3c(F)cc(F)cc32)cc1. The molecule has 2 aromatic rings. The summed E-state index contributed by atoms with van der Waals surface area (Å²) >= 11 is 0. The Morgan fingerprint density at radius 2 is 1.77 bits per heavy atom. The fraction of sp³-hybridized carbons (Fsp3) is 0.409. The van der Waals surface area contributed by atoms with Crippen LogP contribution in [0.4, 0.5) is 14.5 Å². The number of nitrogens with zero attached hydrogens (tertiary/aromatic N) is 2. The summed E-state index contributed by atoms with van der Waals surface area (Å²) in [6.45, 7) is 2.74. The molecule has 1 atom stereocenters. The van der Waals surface area contributed by atoms with E-state index in [1.807, 2.05) is 6.92 Å². The first kappa shape index (κ1) is 20.9. The maximum atomic E-state index is 14.1. The third-order valence-corrected chi connectivity index (χ3v) is 7.96. The zero-order valence-electron chi connectivity index (χ0n) is 16.8. The number of carbonyl (C=O) groups is 1. The molecule has 2 aromatic carbocycles. The van der Waals surface area contributed by atoms with Gasteiger partial charge in [-0.3, -0.25) is 4.79 Å². The number of anilines is 1. The quantitative estimate of drug-likeness (QED) is 0.730. The van der Waals surface area contributed by atoms with Gasteiger partial charge in [0.25, 0.3) is 5.91 Å². The number of hydrogen-bond donors (Lipinski definition) is 0. The molecule has 30 heavy (non-hydrogen) atoms. The zero-order valence-corrected chi connectivity index (χ0v) is 17.6. The summed E-state index contributed by atoms with van der Waals surface area (Å²) in [6, 6.07) is 7.74. The molecule has 4 rings (SSSR count). The molecule has 2 heterocycles. The van der Waals surface area contributed by atoms with E-state index in [-0.39, 0.29) is 22.2 Å². The first-order chi connectivity index (χ1) is 14.3. The molecule has 1 unspecified atom stereocenters. The highest BCUT2D eigenvalue weighted by molar-refractivity contribution is 7.89. The predicted molar refractivity (Wildman–Crippen MR) is 110 cm³/mol. The molecule has 0 saturated carbocycles. The number of halogens is 2. The average molecular weight is 435 g/mol. The van der Waals surface area contributed by atoms with Gasteiger partial charge < -0.3 is 4.90 Å². The Morgan fingerprint density at radius 1 is 1.03 bits per heavy atom. The van der Waals surface area contributed by atoms with Crippen molar-refractivity contribution in [2.75, 3.05) is 18.0 Å². The Balaban J connectivity index is 1.61. The van der Waals surface area contributed by atoms with Gasteiger partial charge in [0.15, 0.2) is 0 Å². The van der Waals surface area contributed by atoms with Gasteiger partial charge in [0.1, 0.15) is 11.6 Å². The molecule has 0 aromatic heterocycles. The number of amides is 1. The lowest BCUT2D eigenvalue weighted by Crippen LogP contribution is -2.41. The van der Waals surface area contributed by atoms with Gasteiger partial charge >= 0.3 is 0 Å². The minimum Gasteiger partial charge on any atom is -0.308 e. The van der Waals surface area contributed by atoms with Gasteiger partial charge in [0, 0.05) is 36.3 Å². The van der Waals surface area contributed by atoms with E-state index in [0.717, 1.165) is 25.3 Å². The number of benzene rings is 2. The lowest BCUT2D eigenvalue weighted by Gasteiger charge is -2.32. The largest absolute Gasteiger partial charge is 0.308 e. The van der Waals surface area contributed by atoms with Crippen LogP contribution in [0.2, 0.25) is 0 Å². The van der Waals surface area contributed by atoms with Crippen molar-refractivity contribution >= 4 is 21.6 Å². The molecule has 0 bridgehead atoms. The maximum absolute atomic E-state index is 14.1. The molecule has 8 heteroatoms. The third kappa shape index (κ3) is 3.74. The number of hydrogen-bond acceptors (Lipinski definition) is 3. The monoisotopic (exact) mass is 434 g/mol. The van der Waals surface area contributed by atoms with Crippen molar-refractivity contribution in [2.45, 2.75) is 50.0 Å². The summed E-state index contributed by atoms with van der Waals surface area (Å²) in [5, 5.41) is 0. The minimum atomic E-state index is -3.63. The van der Waals surface area contributed by atoms with Crippen LogP contribution in [-0.2, 0) is 16.4 Å². The normalized spacial score (nSPS) is 20.1. The van der Waals surface area contributed by atoms with Crippen molar-refractivity contribution in [3.63, 3.8) is 0 Å². The van der Waals surface area contributed by atoms with Crippen LogP contribution < -0.4 is 4.90 Å². The van der Waals surface area contributed by atoms with Crippen LogP contribution in [0, 0.1) is 11.6 Å². The minimum absolute atomic E-state index is 0.0558. The van der Waals surface area contributed by atoms with Crippen molar-refractivity contribution in [1.29, 1.82) is 0 Å². The molecule has 0 aliphatic carbocycles. The van der Waals surface area contributed by atoms with E-state index in [9.17, 15) is 22.0 Å². The average Bonchev–Trinajstić information content (AvgIpc) is 2.73. The summed E-state index contributed by atoms with van der Waals surface area (Å²) in [7, 11) is -3.63. The van der Waals surface area contributed by atoms with Gasteiger partial charge in [-0.05, 0) is 62.9 Å². The first-order valence-electron chi connectivity index (χ1n) is 10.2. The van der Waals surface area contributed by atoms with Gasteiger partial charge in [-0.2, -0.15) is 4.31 Å². The molecule has 1 saturated heterocycles. The van der Waals surface area contributed by atoms with Crippen molar-refractivity contribution in [2.24, 2.45) is 0 Å². The van der Waals surface area contributed by atoms with E-state index in [2.05, 4.69) is 0 Å². The molecule has 2 aliphatic rings. The van der Waals surface area contributed by atoms with Crippen LogP contribution in [0.5, 0.6) is 0 Å². The highest BCUT2D eigenvalue weighted by Crippen LogP contribution is 2.32. The summed E-state index contributed by atoms with van der Waals surface area (Å²) < 4.78 is 55.3. The Kier molecular flexibility index (Phi) is 5.63. The molecule has 0 N–H and O–H groups in total. The Morgan fingerprint density at radius 3 is 2.47 bits per heavy atom. The van der Waals surface area contributed by atoms with Crippen molar-refractivity contribution < 1.29 is 22.0 Å². The van der Waals surface area contributed by atoms with Crippen LogP contribution in [0.3, 0.4) is 0 Å². The van der Waals surface area contributed by atoms with E-state index in [0.29, 0.717) is 31.5 Å². The van der Waals surface area contributed by atoms with Gasteiger partial charge in [-0.1, -0.05) is 6.42 Å². The molecule has 1 amide bonds. The number of carbonyl (C=O) groups excluding carboxylic acids is 1. The van der Waals surface area contributed by atoms with Crippen molar-refractivity contribution in [3.05, 3.63) is 59.2 Å². The van der Waals surface area contributed by atoms with E-state index in [4.69, 9.17) is 0 Å². The van der Waals surface area contributed by atoms with Crippen LogP contribution in [0.1, 0.15) is 48.5 Å². The highest BCUT2D eigenvalue weighted by Gasteiger charge is 2.31. The lowest BCUT2D eigenvalue weighted by atomic mass is 10.00. The van der Waals surface area contributed by atoms with E-state index < -0.39 is 27.6 Å². The maximum Gasteiger partial charge on any atom is 0.258 e. The number of fused-ring (bicyclic) bond motifs is 1. The number of sulfonamides is 1. The van der Waals surface area contributed by atoms with Gasteiger partial charge in [-0.15, -0.1) is 0 Å². The van der Waals surface area contributed by atoms with Crippen LogP contribution >= 0.6 is 0 Å². The van der Waals surface area contributed by atoms with Gasteiger partial charge in [-0.25, -0.2) is 17.2 Å². The lowest BCUT2D eigenvalue weighted by molar-refractivity contribution is 0.0985. The zero-order chi connectivity index (χ0) is 21.5. The summed E-state index contributed by atoms with van der Waals surface area (Å²) in [5.74, 6) is -1.79. The summed E-state index contributed by atoms with van der Waals surface area (Å²) in [4.78, 5) is 14.5. The van der Waals surface area contributed by atoms with Crippen LogP contribution in [-0.4, -0.2) is 37.8 Å². The van der Waals surface area contributed by atoms with Crippen molar-refractivity contribution in [1.82, 2.24) is 4.31 Å². The highest BCUT2D eigenvalue weighted by atomic mass is 32.2. The van der Waals surface area contributed by atoms with E-state index in [1.165, 1.54) is 39.5 Å². The second-order valence-corrected chi connectivity index (χ2v) is 9.82. The van der Waals surface area contributed by atoms with Crippen molar-refractivity contribution in [3.8, 4) is 0 Å². The molecular weight excluding hydrogens is 410 g/mol. The first-order valence-corrected chi connectivity index (χ1v) is 11.6. The topological polar surface area (TPSA) is 57.7 Å². The van der Waals surface area contributed by atoms with Crippen LogP contribution in [0.25, 0.3) is 0 Å². The molecule has 0 spiro atoms. The van der Waals surface area contributed by atoms with Gasteiger partial charge in [0.05, 0.1) is 10.6 Å². The molecule has 1 fully saturated rings. The molecule has 2 aliphatic heterocycles. The number of piperidine rings is 1. The summed E-state index contributed by atoms with van der Waals surface area (Å²) in [5.41, 5.74) is 0.843.